The molecule has 0 heterocycles. The maximum Gasteiger partial charge on any atom is 0 e. The maximum atomic E-state index is 0. The summed E-state index contributed by atoms with van der Waals surface area (Å²) in [5.41, 5.74) is 0. The second-order valence-corrected chi connectivity index (χ2v) is 0. The van der Waals surface area contributed by atoms with Crippen LogP contribution in [0, 0.1) is 0 Å². The zero-order chi connectivity index (χ0) is 0. The molecule has 0 saturated heterocycles. The molecule has 6 N–H and O–H groups in total. The Balaban J connectivity index is 0. The van der Waals surface area contributed by atoms with Gasteiger partial charge in [-0.25, -0.2) is 0 Å². The van der Waals surface area contributed by atoms with Gasteiger partial charge in [0.05, 0.1) is 0 Å². The molecule has 0 unspecified atom stereocenters. The van der Waals surface area contributed by atoms with Crippen LogP contribution in [0.25, 0.3) is 0 Å². The summed E-state index contributed by atoms with van der Waals surface area (Å²) >= 11 is 0. The average Bonchev–Trinajstić information content (AvgIpc) is 0. The van der Waals surface area contributed by atoms with Gasteiger partial charge in [0.2, 0.25) is 0 Å². The topological polar surface area (TPSA) is 94.5 Å². The smallest absolute Gasteiger partial charge is 0 e. The van der Waals surface area contributed by atoms with E-state index in [9.17, 15) is 0 Å². The predicted molar refractivity (Wildman–Crippen MR) is 16.6 cm³/mol. The predicted octanol–water partition coefficient (Wildman–Crippen LogP) is -2.85. The summed E-state index contributed by atoms with van der Waals surface area (Å²) < 4.78 is 0. The van der Waals surface area contributed by atoms with Crippen molar-refractivity contribution in [2.75, 3.05) is 0 Å². The van der Waals surface area contributed by atoms with Crippen LogP contribution in [0.1, 0.15) is 0 Å². The first-order valence-electron chi connectivity index (χ1n) is 0. The van der Waals surface area contributed by atoms with Crippen molar-refractivity contribution >= 4 is 25.8 Å². The van der Waals surface area contributed by atoms with E-state index in [0.29, 0.717) is 0 Å². The molecule has 0 rings (SSSR count). The van der Waals surface area contributed by atoms with Crippen molar-refractivity contribution in [2.45, 2.75) is 0 Å². The van der Waals surface area contributed by atoms with E-state index in [1.807, 2.05) is 0 Å². The van der Waals surface area contributed by atoms with Gasteiger partial charge in [0.1, 0.15) is 0 Å². The minimum atomic E-state index is 0. The molecular formula is H6InO3. The summed E-state index contributed by atoms with van der Waals surface area (Å²) in [5.74, 6) is 0. The third-order valence-corrected chi connectivity index (χ3v) is 0. The van der Waals surface area contributed by atoms with Crippen LogP contribution < -0.4 is 0 Å². The van der Waals surface area contributed by atoms with Crippen molar-refractivity contribution in [3.05, 3.63) is 0 Å². The van der Waals surface area contributed by atoms with Crippen molar-refractivity contribution in [1.29, 1.82) is 0 Å². The summed E-state index contributed by atoms with van der Waals surface area (Å²) in [6.45, 7) is 0. The second-order valence-electron chi connectivity index (χ2n) is 0. The molecule has 0 aliphatic heterocycles. The van der Waals surface area contributed by atoms with Crippen molar-refractivity contribution in [2.24, 2.45) is 0 Å². The summed E-state index contributed by atoms with van der Waals surface area (Å²) in [7, 11) is 0. The Hall–Kier alpha value is 0.750. The van der Waals surface area contributed by atoms with Crippen molar-refractivity contribution in [1.82, 2.24) is 0 Å². The fourth-order valence-corrected chi connectivity index (χ4v) is 0. The van der Waals surface area contributed by atoms with Gasteiger partial charge in [-0.3, -0.25) is 0 Å². The van der Waals surface area contributed by atoms with Crippen LogP contribution in [-0.2, 0) is 0 Å². The Labute approximate surface area is 42.7 Å². The molecule has 0 saturated carbocycles. The van der Waals surface area contributed by atoms with Gasteiger partial charge in [0.25, 0.3) is 0 Å². The molecule has 0 aromatic carbocycles. The zero-order valence-corrected chi connectivity index (χ0v) is 5.37. The third-order valence-electron chi connectivity index (χ3n) is 0. The van der Waals surface area contributed by atoms with Gasteiger partial charge in [-0.05, 0) is 0 Å². The molecule has 3 nitrogen and oxygen atoms in total. The fraction of sp³-hybridized carbons (Fsp3) is 0. The third kappa shape index (κ3) is 15.0. The quantitative estimate of drug-likeness (QED) is 0.373. The summed E-state index contributed by atoms with van der Waals surface area (Å²) in [5, 5.41) is 0. The van der Waals surface area contributed by atoms with Gasteiger partial charge in [-0.1, -0.05) is 0 Å². The molecule has 0 spiro atoms. The van der Waals surface area contributed by atoms with Gasteiger partial charge in [0, 0.05) is 25.8 Å². The number of hydrogen-bond acceptors (Lipinski definition) is 0. The van der Waals surface area contributed by atoms with E-state index in [0.717, 1.165) is 0 Å². The van der Waals surface area contributed by atoms with Gasteiger partial charge in [-0.15, -0.1) is 0 Å². The van der Waals surface area contributed by atoms with Gasteiger partial charge < -0.3 is 16.4 Å². The SMILES string of the molecule is O.O.O.[In]. The molecule has 4 heavy (non-hydrogen) atoms. The van der Waals surface area contributed by atoms with E-state index in [4.69, 9.17) is 0 Å². The van der Waals surface area contributed by atoms with E-state index in [1.54, 1.807) is 0 Å². The van der Waals surface area contributed by atoms with E-state index in [2.05, 4.69) is 0 Å². The van der Waals surface area contributed by atoms with Crippen LogP contribution in [0.4, 0.5) is 0 Å². The first-order chi connectivity index (χ1) is 0. The molecule has 0 aliphatic carbocycles. The Kier molecular flexibility index (Phi) is 1500. The molecular weight excluding hydrogens is 163 g/mol. The Morgan fingerprint density at radius 1 is 0.500 bits per heavy atom. The van der Waals surface area contributed by atoms with E-state index in [-0.39, 0.29) is 42.3 Å². The van der Waals surface area contributed by atoms with Crippen molar-refractivity contribution in [3.63, 3.8) is 0 Å². The number of rotatable bonds is 0. The monoisotopic (exact) mass is 169 g/mol. The Bertz CT molecular complexity index is 3.25. The van der Waals surface area contributed by atoms with E-state index >= 15 is 0 Å². The molecule has 0 bridgehead atoms. The molecule has 27 valence electrons. The molecule has 3 radical (unpaired) electrons. The minimum Gasteiger partial charge on any atom is -0.412 e. The molecule has 0 aromatic rings. The standard InChI is InChI=1S/In.3H2O/h;3*1H2. The minimum absolute atomic E-state index is 0. The second kappa shape index (κ2) is 50.4. The Morgan fingerprint density at radius 2 is 0.500 bits per heavy atom. The van der Waals surface area contributed by atoms with Crippen LogP contribution >= 0.6 is 0 Å². The van der Waals surface area contributed by atoms with Crippen LogP contribution in [0.5, 0.6) is 0 Å². The molecule has 0 aliphatic rings. The molecule has 0 amide bonds. The summed E-state index contributed by atoms with van der Waals surface area (Å²) in [4.78, 5) is 0. The molecule has 0 aromatic heterocycles. The van der Waals surface area contributed by atoms with E-state index in [1.165, 1.54) is 0 Å². The average molecular weight is 169 g/mol. The molecule has 0 atom stereocenters. The number of hydrogen-bond donors (Lipinski definition) is 0. The van der Waals surface area contributed by atoms with Gasteiger partial charge >= 0.3 is 0 Å². The first kappa shape index (κ1) is 119. The zero-order valence-electron chi connectivity index (χ0n) is 2.08. The molecule has 4 heteroatoms. The summed E-state index contributed by atoms with van der Waals surface area (Å²) in [6, 6.07) is 0. The van der Waals surface area contributed by atoms with Gasteiger partial charge in [0.15, 0.2) is 0 Å². The normalized spacial score (nSPS) is 0. The largest absolute Gasteiger partial charge is 0.412 e. The Morgan fingerprint density at radius 3 is 0.500 bits per heavy atom. The van der Waals surface area contributed by atoms with E-state index < -0.39 is 0 Å². The summed E-state index contributed by atoms with van der Waals surface area (Å²) in [6.07, 6.45) is 0. The maximum absolute atomic E-state index is 0. The van der Waals surface area contributed by atoms with Crippen LogP contribution in [0.3, 0.4) is 0 Å². The van der Waals surface area contributed by atoms with Crippen LogP contribution in [0.2, 0.25) is 0 Å². The fourth-order valence-electron chi connectivity index (χ4n) is 0. The molecule has 0 fully saturated rings. The van der Waals surface area contributed by atoms with Crippen molar-refractivity contribution in [3.8, 4) is 0 Å². The van der Waals surface area contributed by atoms with Crippen LogP contribution in [0.15, 0.2) is 0 Å². The first-order valence-corrected chi connectivity index (χ1v) is 0. The van der Waals surface area contributed by atoms with Crippen LogP contribution in [-0.4, -0.2) is 42.3 Å². The van der Waals surface area contributed by atoms with Crippen molar-refractivity contribution < 1.29 is 16.4 Å². The van der Waals surface area contributed by atoms with Gasteiger partial charge in [-0.2, -0.15) is 0 Å².